The molecule has 0 aromatic heterocycles. The molecular weight excluding hydrogens is 198 g/mol. The van der Waals surface area contributed by atoms with Gasteiger partial charge in [-0.3, -0.25) is 5.32 Å². The molecule has 0 saturated heterocycles. The van der Waals surface area contributed by atoms with Crippen molar-refractivity contribution in [3.63, 3.8) is 0 Å². The van der Waals surface area contributed by atoms with E-state index in [2.05, 4.69) is 15.2 Å². The number of methoxy groups -OCH3 is 1. The second kappa shape index (κ2) is 4.85. The van der Waals surface area contributed by atoms with Crippen molar-refractivity contribution >= 4 is 17.6 Å². The zero-order valence-electron chi connectivity index (χ0n) is 8.10. The van der Waals surface area contributed by atoms with Gasteiger partial charge >= 0.3 is 6.09 Å². The fraction of sp³-hybridized carbons (Fsp3) is 0.111. The summed E-state index contributed by atoms with van der Waals surface area (Å²) < 4.78 is 4.41. The fourth-order valence-electron chi connectivity index (χ4n) is 0.951. The first-order valence-corrected chi connectivity index (χ1v) is 4.10. The van der Waals surface area contributed by atoms with E-state index >= 15 is 0 Å². The van der Waals surface area contributed by atoms with Crippen molar-refractivity contribution in [1.82, 2.24) is 0 Å². The van der Waals surface area contributed by atoms with Gasteiger partial charge in [0.25, 0.3) is 0 Å². The molecule has 80 valence electrons. The van der Waals surface area contributed by atoms with Gasteiger partial charge in [0.2, 0.25) is 0 Å². The summed E-state index contributed by atoms with van der Waals surface area (Å²) in [5.74, 6) is 0.0135. The summed E-state index contributed by atoms with van der Waals surface area (Å²) >= 11 is 0. The van der Waals surface area contributed by atoms with Crippen LogP contribution >= 0.6 is 0 Å². The van der Waals surface area contributed by atoms with Crippen molar-refractivity contribution in [2.75, 3.05) is 12.4 Å². The SMILES string of the molecule is COC(=O)Nc1ccc(/C(N)=N/O)cc1. The van der Waals surface area contributed by atoms with E-state index in [9.17, 15) is 4.79 Å². The summed E-state index contributed by atoms with van der Waals surface area (Å²) in [7, 11) is 1.28. The van der Waals surface area contributed by atoms with Crippen molar-refractivity contribution in [1.29, 1.82) is 0 Å². The number of hydrogen-bond donors (Lipinski definition) is 3. The summed E-state index contributed by atoms with van der Waals surface area (Å²) in [5.41, 5.74) is 6.49. The third-order valence-electron chi connectivity index (χ3n) is 1.72. The van der Waals surface area contributed by atoms with Crippen LogP contribution in [0.25, 0.3) is 0 Å². The highest BCUT2D eigenvalue weighted by molar-refractivity contribution is 5.97. The molecule has 0 radical (unpaired) electrons. The molecule has 6 heteroatoms. The molecular formula is C9H11N3O3. The number of nitrogens with one attached hydrogen (secondary N) is 1. The molecule has 0 saturated carbocycles. The molecule has 4 N–H and O–H groups in total. The van der Waals surface area contributed by atoms with E-state index in [1.54, 1.807) is 24.3 Å². The van der Waals surface area contributed by atoms with Crippen LogP contribution < -0.4 is 11.1 Å². The molecule has 0 aliphatic rings. The second-order valence-corrected chi connectivity index (χ2v) is 2.68. The van der Waals surface area contributed by atoms with Crippen molar-refractivity contribution in [3.05, 3.63) is 29.8 Å². The van der Waals surface area contributed by atoms with Crippen LogP contribution in [0.1, 0.15) is 5.56 Å². The van der Waals surface area contributed by atoms with Crippen molar-refractivity contribution in [2.24, 2.45) is 10.9 Å². The Balaban J connectivity index is 2.77. The Morgan fingerprint density at radius 2 is 2.07 bits per heavy atom. The van der Waals surface area contributed by atoms with Crippen molar-refractivity contribution < 1.29 is 14.7 Å². The smallest absolute Gasteiger partial charge is 0.411 e. The number of nitrogens with zero attached hydrogens (tertiary/aromatic N) is 1. The number of ether oxygens (including phenoxy) is 1. The monoisotopic (exact) mass is 209 g/mol. The number of nitrogens with two attached hydrogens (primary N) is 1. The van der Waals surface area contributed by atoms with Crippen LogP contribution in [-0.4, -0.2) is 24.2 Å². The lowest BCUT2D eigenvalue weighted by Crippen LogP contribution is -2.14. The normalized spacial score (nSPS) is 10.9. The van der Waals surface area contributed by atoms with Gasteiger partial charge in [-0.15, -0.1) is 0 Å². The van der Waals surface area contributed by atoms with E-state index in [-0.39, 0.29) is 5.84 Å². The van der Waals surface area contributed by atoms with E-state index in [0.29, 0.717) is 11.3 Å². The lowest BCUT2D eigenvalue weighted by Gasteiger charge is -2.04. The highest BCUT2D eigenvalue weighted by Crippen LogP contribution is 2.09. The molecule has 6 nitrogen and oxygen atoms in total. The molecule has 0 fully saturated rings. The third-order valence-corrected chi connectivity index (χ3v) is 1.72. The van der Waals surface area contributed by atoms with Gasteiger partial charge in [-0.2, -0.15) is 0 Å². The lowest BCUT2D eigenvalue weighted by atomic mass is 10.2. The quantitative estimate of drug-likeness (QED) is 0.292. The van der Waals surface area contributed by atoms with Crippen LogP contribution in [0.4, 0.5) is 10.5 Å². The van der Waals surface area contributed by atoms with Gasteiger partial charge in [-0.25, -0.2) is 4.79 Å². The Bertz CT molecular complexity index is 373. The minimum atomic E-state index is -0.549. The minimum absolute atomic E-state index is 0.0135. The Kier molecular flexibility index (Phi) is 3.50. The van der Waals surface area contributed by atoms with Gasteiger partial charge in [-0.1, -0.05) is 5.16 Å². The summed E-state index contributed by atoms with van der Waals surface area (Å²) in [6, 6.07) is 6.45. The third kappa shape index (κ3) is 2.87. The van der Waals surface area contributed by atoms with Gasteiger partial charge in [0.05, 0.1) is 7.11 Å². The molecule has 0 bridgehead atoms. The molecule has 1 aromatic rings. The van der Waals surface area contributed by atoms with Crippen LogP contribution in [0.3, 0.4) is 0 Å². The molecule has 0 unspecified atom stereocenters. The fourth-order valence-corrected chi connectivity index (χ4v) is 0.951. The van der Waals surface area contributed by atoms with E-state index in [0.717, 1.165) is 0 Å². The van der Waals surface area contributed by atoms with Gasteiger partial charge in [0, 0.05) is 11.3 Å². The Morgan fingerprint density at radius 3 is 2.53 bits per heavy atom. The Hall–Kier alpha value is -2.24. The summed E-state index contributed by atoms with van der Waals surface area (Å²) in [6.07, 6.45) is -0.549. The highest BCUT2D eigenvalue weighted by Gasteiger charge is 2.02. The molecule has 0 heterocycles. The number of carbonyl (C=O) groups excluding carboxylic acids is 1. The van der Waals surface area contributed by atoms with Crippen molar-refractivity contribution in [3.8, 4) is 0 Å². The number of benzene rings is 1. The average molecular weight is 209 g/mol. The maximum atomic E-state index is 10.8. The average Bonchev–Trinajstić information content (AvgIpc) is 2.29. The van der Waals surface area contributed by atoms with E-state index in [1.807, 2.05) is 0 Å². The summed E-state index contributed by atoms with van der Waals surface area (Å²) in [5, 5.41) is 13.7. The van der Waals surface area contributed by atoms with Crippen LogP contribution in [0.15, 0.2) is 29.4 Å². The largest absolute Gasteiger partial charge is 0.453 e. The molecule has 15 heavy (non-hydrogen) atoms. The standard InChI is InChI=1S/C9H11N3O3/c1-15-9(13)11-7-4-2-6(3-5-7)8(10)12-14/h2-5,14H,1H3,(H2,10,12)(H,11,13). The van der Waals surface area contributed by atoms with E-state index < -0.39 is 6.09 Å². The molecule has 1 rings (SSSR count). The maximum absolute atomic E-state index is 10.8. The number of amidine groups is 1. The predicted molar refractivity (Wildman–Crippen MR) is 55.0 cm³/mol. The minimum Gasteiger partial charge on any atom is -0.453 e. The number of amides is 1. The zero-order chi connectivity index (χ0) is 11.3. The zero-order valence-corrected chi connectivity index (χ0v) is 8.10. The maximum Gasteiger partial charge on any atom is 0.411 e. The number of rotatable bonds is 2. The number of carbonyl (C=O) groups is 1. The van der Waals surface area contributed by atoms with Crippen LogP contribution in [-0.2, 0) is 4.74 Å². The van der Waals surface area contributed by atoms with Gasteiger partial charge in [0.1, 0.15) is 0 Å². The lowest BCUT2D eigenvalue weighted by molar-refractivity contribution is 0.187. The first-order chi connectivity index (χ1) is 7.17. The van der Waals surface area contributed by atoms with Crippen LogP contribution in [0, 0.1) is 0 Å². The van der Waals surface area contributed by atoms with Gasteiger partial charge in [0.15, 0.2) is 5.84 Å². The van der Waals surface area contributed by atoms with Gasteiger partial charge < -0.3 is 15.7 Å². The Labute approximate surface area is 86.3 Å². The molecule has 1 amide bonds. The van der Waals surface area contributed by atoms with E-state index in [4.69, 9.17) is 10.9 Å². The number of anilines is 1. The molecule has 0 aliphatic carbocycles. The number of hydrogen-bond acceptors (Lipinski definition) is 4. The first kappa shape index (κ1) is 10.8. The predicted octanol–water partition coefficient (Wildman–Crippen LogP) is 0.959. The first-order valence-electron chi connectivity index (χ1n) is 4.10. The number of oxime groups is 1. The summed E-state index contributed by atoms with van der Waals surface area (Å²) in [6.45, 7) is 0. The van der Waals surface area contributed by atoms with Crippen LogP contribution in [0.5, 0.6) is 0 Å². The van der Waals surface area contributed by atoms with Gasteiger partial charge in [-0.05, 0) is 24.3 Å². The molecule has 0 spiro atoms. The molecule has 1 aromatic carbocycles. The topological polar surface area (TPSA) is 96.9 Å². The summed E-state index contributed by atoms with van der Waals surface area (Å²) in [4.78, 5) is 10.8. The van der Waals surface area contributed by atoms with Crippen molar-refractivity contribution in [2.45, 2.75) is 0 Å². The highest BCUT2D eigenvalue weighted by atomic mass is 16.5. The van der Waals surface area contributed by atoms with E-state index in [1.165, 1.54) is 7.11 Å². The Morgan fingerprint density at radius 1 is 1.47 bits per heavy atom. The second-order valence-electron chi connectivity index (χ2n) is 2.68. The van der Waals surface area contributed by atoms with Crippen LogP contribution in [0.2, 0.25) is 0 Å². The molecule has 0 atom stereocenters. The molecule has 0 aliphatic heterocycles.